The van der Waals surface area contributed by atoms with Gasteiger partial charge in [0.1, 0.15) is 6.04 Å². The van der Waals surface area contributed by atoms with E-state index in [2.05, 4.69) is 17.2 Å². The molecule has 0 aromatic rings. The Kier molecular flexibility index (Phi) is 10.4. The summed E-state index contributed by atoms with van der Waals surface area (Å²) in [5.41, 5.74) is 0. The number of rotatable bonds is 8. The first kappa shape index (κ1) is 17.3. The lowest BCUT2D eigenvalue weighted by Gasteiger charge is -2.16. The summed E-state index contributed by atoms with van der Waals surface area (Å²) in [5.74, 6) is 4.81. The molecule has 0 aromatic carbocycles. The fourth-order valence-corrected chi connectivity index (χ4v) is 1.31. The lowest BCUT2D eigenvalue weighted by Crippen LogP contribution is -2.42. The quantitative estimate of drug-likeness (QED) is 0.417. The summed E-state index contributed by atoms with van der Waals surface area (Å²) >= 11 is 0. The second kappa shape index (κ2) is 11.4. The van der Waals surface area contributed by atoms with Gasteiger partial charge in [-0.05, 0) is 19.8 Å². The Balaban J connectivity index is 4.17. The molecule has 5 nitrogen and oxygen atoms in total. The summed E-state index contributed by atoms with van der Waals surface area (Å²) in [7, 11) is 0. The molecule has 108 valence electrons. The third-order valence-corrected chi connectivity index (χ3v) is 2.35. The smallest absolute Gasteiger partial charge is 0.408 e. The summed E-state index contributed by atoms with van der Waals surface area (Å²) in [6.45, 7) is 6.01. The van der Waals surface area contributed by atoms with Crippen LogP contribution in [0.25, 0.3) is 0 Å². The van der Waals surface area contributed by atoms with Gasteiger partial charge in [0.15, 0.2) is 6.61 Å². The van der Waals surface area contributed by atoms with Crippen LogP contribution in [0.1, 0.15) is 46.5 Å². The molecule has 0 bridgehead atoms. The van der Waals surface area contributed by atoms with Gasteiger partial charge in [0.2, 0.25) is 0 Å². The Morgan fingerprint density at radius 3 is 2.53 bits per heavy atom. The maximum atomic E-state index is 11.8. The van der Waals surface area contributed by atoms with E-state index in [0.717, 1.165) is 19.3 Å². The van der Waals surface area contributed by atoms with Crippen molar-refractivity contribution in [3.8, 4) is 11.8 Å². The Bertz CT molecular complexity index is 330. The van der Waals surface area contributed by atoms with Crippen LogP contribution in [0, 0.1) is 11.8 Å². The summed E-state index contributed by atoms with van der Waals surface area (Å²) in [4.78, 5) is 23.2. The van der Waals surface area contributed by atoms with E-state index in [0.29, 0.717) is 13.0 Å². The summed E-state index contributed by atoms with van der Waals surface area (Å²) < 4.78 is 9.89. The molecule has 0 fully saturated rings. The van der Waals surface area contributed by atoms with E-state index in [9.17, 15) is 9.59 Å². The molecular weight excluding hydrogens is 246 g/mol. The van der Waals surface area contributed by atoms with Crippen LogP contribution >= 0.6 is 0 Å². The Hall–Kier alpha value is -1.70. The molecule has 0 aliphatic rings. The topological polar surface area (TPSA) is 64.6 Å². The van der Waals surface area contributed by atoms with Gasteiger partial charge < -0.3 is 14.8 Å². The van der Waals surface area contributed by atoms with Gasteiger partial charge in [-0.15, -0.1) is 5.92 Å². The summed E-state index contributed by atoms with van der Waals surface area (Å²) in [6.07, 6.45) is 2.42. The third-order valence-electron chi connectivity index (χ3n) is 2.35. The number of hydrogen-bond donors (Lipinski definition) is 1. The number of carbonyl (C=O) groups is 2. The highest BCUT2D eigenvalue weighted by Crippen LogP contribution is 2.01. The van der Waals surface area contributed by atoms with E-state index in [1.807, 2.05) is 13.8 Å². The van der Waals surface area contributed by atoms with Crippen molar-refractivity contribution in [2.75, 3.05) is 13.2 Å². The first-order valence-electron chi connectivity index (χ1n) is 6.65. The van der Waals surface area contributed by atoms with Gasteiger partial charge in [0, 0.05) is 0 Å². The lowest BCUT2D eigenvalue weighted by molar-refractivity contribution is -0.146. The number of ether oxygens (including phenoxy) is 2. The average molecular weight is 269 g/mol. The standard InChI is InChI=1S/C14H23NO4/c1-4-7-10-18-13(16)12(9-6-3)15-14(17)19-11-8-5-2/h12H,4,6-7,9-11H2,1-3H3,(H,15,17)/t12-/m0/s1. The van der Waals surface area contributed by atoms with Gasteiger partial charge in [-0.25, -0.2) is 9.59 Å². The fraction of sp³-hybridized carbons (Fsp3) is 0.714. The molecular formula is C14H23NO4. The van der Waals surface area contributed by atoms with Crippen molar-refractivity contribution in [3.63, 3.8) is 0 Å². The molecule has 0 radical (unpaired) electrons. The van der Waals surface area contributed by atoms with E-state index in [1.165, 1.54) is 0 Å². The normalized spacial score (nSPS) is 10.9. The number of carbonyl (C=O) groups excluding carboxylic acids is 2. The number of alkyl carbamates (subject to hydrolysis) is 1. The number of amides is 1. The maximum Gasteiger partial charge on any atom is 0.408 e. The molecule has 1 N–H and O–H groups in total. The Labute approximate surface area is 115 Å². The molecule has 0 spiro atoms. The van der Waals surface area contributed by atoms with Crippen molar-refractivity contribution in [1.82, 2.24) is 5.32 Å². The van der Waals surface area contributed by atoms with E-state index in [1.54, 1.807) is 6.92 Å². The number of nitrogens with one attached hydrogen (secondary N) is 1. The molecule has 0 heterocycles. The predicted octanol–water partition coefficient (Wildman–Crippen LogP) is 2.25. The first-order valence-corrected chi connectivity index (χ1v) is 6.65. The molecule has 0 saturated carbocycles. The van der Waals surface area contributed by atoms with Crippen LogP contribution < -0.4 is 5.32 Å². The van der Waals surface area contributed by atoms with Crippen molar-refractivity contribution in [2.24, 2.45) is 0 Å². The van der Waals surface area contributed by atoms with Crippen molar-refractivity contribution >= 4 is 12.1 Å². The van der Waals surface area contributed by atoms with Crippen LogP contribution in [-0.2, 0) is 14.3 Å². The molecule has 0 saturated heterocycles. The van der Waals surface area contributed by atoms with Crippen LogP contribution in [0.5, 0.6) is 0 Å². The molecule has 0 aromatic heterocycles. The molecule has 19 heavy (non-hydrogen) atoms. The molecule has 5 heteroatoms. The molecule has 0 rings (SSSR count). The van der Waals surface area contributed by atoms with Crippen molar-refractivity contribution < 1.29 is 19.1 Å². The monoisotopic (exact) mass is 269 g/mol. The largest absolute Gasteiger partial charge is 0.464 e. The summed E-state index contributed by atoms with van der Waals surface area (Å²) in [5, 5.41) is 2.50. The molecule has 0 unspecified atom stereocenters. The van der Waals surface area contributed by atoms with Crippen molar-refractivity contribution in [3.05, 3.63) is 0 Å². The maximum absolute atomic E-state index is 11.8. The molecule has 1 atom stereocenters. The van der Waals surface area contributed by atoms with Crippen LogP contribution in [0.15, 0.2) is 0 Å². The van der Waals surface area contributed by atoms with E-state index in [-0.39, 0.29) is 6.61 Å². The highest BCUT2D eigenvalue weighted by atomic mass is 16.6. The fourth-order valence-electron chi connectivity index (χ4n) is 1.31. The second-order valence-corrected chi connectivity index (χ2v) is 4.01. The second-order valence-electron chi connectivity index (χ2n) is 4.01. The minimum absolute atomic E-state index is 0.0199. The molecule has 0 aliphatic carbocycles. The molecule has 0 aliphatic heterocycles. The highest BCUT2D eigenvalue weighted by Gasteiger charge is 2.21. The van der Waals surface area contributed by atoms with Gasteiger partial charge in [0.25, 0.3) is 0 Å². The number of esters is 1. The van der Waals surface area contributed by atoms with Gasteiger partial charge >= 0.3 is 12.1 Å². The Morgan fingerprint density at radius 1 is 1.21 bits per heavy atom. The van der Waals surface area contributed by atoms with Crippen LogP contribution in [0.4, 0.5) is 4.79 Å². The zero-order chi connectivity index (χ0) is 14.5. The minimum atomic E-state index is -0.649. The van der Waals surface area contributed by atoms with Gasteiger partial charge in [-0.1, -0.05) is 32.6 Å². The predicted molar refractivity (Wildman–Crippen MR) is 72.5 cm³/mol. The van der Waals surface area contributed by atoms with Crippen LogP contribution in [-0.4, -0.2) is 31.3 Å². The molecule has 1 amide bonds. The lowest BCUT2D eigenvalue weighted by atomic mass is 10.2. The van der Waals surface area contributed by atoms with Gasteiger partial charge in [-0.3, -0.25) is 0 Å². The first-order chi connectivity index (χ1) is 9.15. The Morgan fingerprint density at radius 2 is 1.95 bits per heavy atom. The van der Waals surface area contributed by atoms with E-state index in [4.69, 9.17) is 9.47 Å². The number of hydrogen-bond acceptors (Lipinski definition) is 4. The highest BCUT2D eigenvalue weighted by molar-refractivity contribution is 5.81. The third kappa shape index (κ3) is 8.95. The van der Waals surface area contributed by atoms with Crippen molar-refractivity contribution in [2.45, 2.75) is 52.5 Å². The SMILES string of the molecule is CC#CCOC(=O)N[C@@H](CCC)C(=O)OCCCC. The van der Waals surface area contributed by atoms with Gasteiger partial charge in [-0.2, -0.15) is 0 Å². The zero-order valence-electron chi connectivity index (χ0n) is 12.0. The number of unbranched alkanes of at least 4 members (excludes halogenated alkanes) is 1. The minimum Gasteiger partial charge on any atom is -0.464 e. The zero-order valence-corrected chi connectivity index (χ0v) is 12.0. The van der Waals surface area contributed by atoms with Crippen LogP contribution in [0.3, 0.4) is 0 Å². The van der Waals surface area contributed by atoms with Crippen molar-refractivity contribution in [1.29, 1.82) is 0 Å². The van der Waals surface area contributed by atoms with E-state index < -0.39 is 18.1 Å². The van der Waals surface area contributed by atoms with Crippen LogP contribution in [0.2, 0.25) is 0 Å². The average Bonchev–Trinajstić information content (AvgIpc) is 2.38. The van der Waals surface area contributed by atoms with E-state index >= 15 is 0 Å². The summed E-state index contributed by atoms with van der Waals surface area (Å²) in [6, 6.07) is -0.649. The van der Waals surface area contributed by atoms with Gasteiger partial charge in [0.05, 0.1) is 6.61 Å².